The van der Waals surface area contributed by atoms with Crippen molar-refractivity contribution >= 4 is 14.3 Å². The highest BCUT2D eigenvalue weighted by Crippen LogP contribution is 2.40. The third-order valence-electron chi connectivity index (χ3n) is 4.51. The van der Waals surface area contributed by atoms with Crippen molar-refractivity contribution in [3.63, 3.8) is 0 Å². The third kappa shape index (κ3) is 6.57. The summed E-state index contributed by atoms with van der Waals surface area (Å²) in [5.74, 6) is 1.35. The second kappa shape index (κ2) is 9.09. The van der Waals surface area contributed by atoms with Crippen LogP contribution < -0.4 is 9.16 Å². The van der Waals surface area contributed by atoms with Crippen LogP contribution >= 0.6 is 0 Å². The van der Waals surface area contributed by atoms with Gasteiger partial charge < -0.3 is 13.9 Å². The van der Waals surface area contributed by atoms with Gasteiger partial charge in [-0.1, -0.05) is 39.0 Å². The lowest BCUT2D eigenvalue weighted by atomic mass is 10.1. The van der Waals surface area contributed by atoms with Gasteiger partial charge in [-0.3, -0.25) is 4.79 Å². The molecule has 0 saturated heterocycles. The first-order valence-corrected chi connectivity index (χ1v) is 11.7. The summed E-state index contributed by atoms with van der Waals surface area (Å²) in [5, 5.41) is 0.131. The van der Waals surface area contributed by atoms with Crippen molar-refractivity contribution in [1.29, 1.82) is 0 Å². The van der Waals surface area contributed by atoms with Crippen molar-refractivity contribution in [2.75, 3.05) is 13.7 Å². The summed E-state index contributed by atoms with van der Waals surface area (Å²) in [6.45, 7) is 13.3. The standard InChI is InChI=1S/C20H32O4Si/c1-8-23-19(21)12-10-9-11-16-13-14-17(18(15-16)22-5)24-25(6,7)20(2,3)4/h9-10,13-15H,8,11-12H2,1-7H3/b10-9+. The fourth-order valence-corrected chi connectivity index (χ4v) is 2.99. The van der Waals surface area contributed by atoms with Gasteiger partial charge in [-0.15, -0.1) is 0 Å². The summed E-state index contributed by atoms with van der Waals surface area (Å²) in [7, 11) is -0.247. The van der Waals surface area contributed by atoms with Crippen LogP contribution in [0, 0.1) is 0 Å². The minimum atomic E-state index is -1.91. The summed E-state index contributed by atoms with van der Waals surface area (Å²) in [5.41, 5.74) is 1.11. The van der Waals surface area contributed by atoms with Crippen molar-refractivity contribution in [3.05, 3.63) is 35.9 Å². The Labute approximate surface area is 153 Å². The first kappa shape index (κ1) is 21.3. The molecule has 0 aromatic heterocycles. The number of esters is 1. The third-order valence-corrected chi connectivity index (χ3v) is 8.85. The Balaban J connectivity index is 2.78. The lowest BCUT2D eigenvalue weighted by Gasteiger charge is -2.36. The van der Waals surface area contributed by atoms with Crippen LogP contribution in [-0.2, 0) is 16.0 Å². The van der Waals surface area contributed by atoms with E-state index in [1.165, 1.54) is 0 Å². The Bertz CT molecular complexity index is 600. The molecular formula is C20H32O4Si. The lowest BCUT2D eigenvalue weighted by Crippen LogP contribution is -2.43. The molecule has 5 heteroatoms. The maximum Gasteiger partial charge on any atom is 0.309 e. The predicted molar refractivity (Wildman–Crippen MR) is 105 cm³/mol. The molecule has 0 bridgehead atoms. The summed E-state index contributed by atoms with van der Waals surface area (Å²) < 4.78 is 16.8. The maximum absolute atomic E-state index is 11.3. The molecule has 0 saturated carbocycles. The predicted octanol–water partition coefficient (Wildman–Crippen LogP) is 5.13. The molecule has 0 atom stereocenters. The highest BCUT2D eigenvalue weighted by molar-refractivity contribution is 6.74. The Morgan fingerprint density at radius 2 is 1.84 bits per heavy atom. The van der Waals surface area contributed by atoms with E-state index in [9.17, 15) is 4.79 Å². The topological polar surface area (TPSA) is 44.8 Å². The zero-order chi connectivity index (χ0) is 19.1. The van der Waals surface area contributed by atoms with Crippen molar-refractivity contribution in [1.82, 2.24) is 0 Å². The van der Waals surface area contributed by atoms with Crippen molar-refractivity contribution in [2.45, 2.75) is 58.7 Å². The van der Waals surface area contributed by atoms with E-state index in [0.29, 0.717) is 13.0 Å². The Morgan fingerprint density at radius 1 is 1.16 bits per heavy atom. The van der Waals surface area contributed by atoms with Crippen LogP contribution in [0.1, 0.15) is 39.7 Å². The average Bonchev–Trinajstić information content (AvgIpc) is 2.51. The van der Waals surface area contributed by atoms with Gasteiger partial charge in [0.25, 0.3) is 8.32 Å². The Hall–Kier alpha value is -1.75. The molecule has 1 aromatic carbocycles. The number of hydrogen-bond acceptors (Lipinski definition) is 4. The van der Waals surface area contributed by atoms with Gasteiger partial charge in [0.1, 0.15) is 5.75 Å². The fraction of sp³-hybridized carbons (Fsp3) is 0.550. The molecule has 0 aliphatic rings. The quantitative estimate of drug-likeness (QED) is 0.364. The summed E-state index contributed by atoms with van der Waals surface area (Å²) >= 11 is 0. The van der Waals surface area contributed by atoms with Gasteiger partial charge in [0, 0.05) is 0 Å². The van der Waals surface area contributed by atoms with Crippen LogP contribution in [0.15, 0.2) is 30.4 Å². The number of hydrogen-bond donors (Lipinski definition) is 0. The Morgan fingerprint density at radius 3 is 2.40 bits per heavy atom. The monoisotopic (exact) mass is 364 g/mol. The first-order chi connectivity index (χ1) is 11.6. The minimum absolute atomic E-state index is 0.131. The number of ether oxygens (including phenoxy) is 2. The number of allylic oxidation sites excluding steroid dienone is 1. The fourth-order valence-electron chi connectivity index (χ4n) is 1.97. The molecule has 1 rings (SSSR count). The van der Waals surface area contributed by atoms with E-state index in [2.05, 4.69) is 33.9 Å². The van der Waals surface area contributed by atoms with Gasteiger partial charge in [-0.25, -0.2) is 0 Å². The van der Waals surface area contributed by atoms with E-state index in [1.54, 1.807) is 14.0 Å². The molecular weight excluding hydrogens is 332 g/mol. The highest BCUT2D eigenvalue weighted by Gasteiger charge is 2.39. The smallest absolute Gasteiger partial charge is 0.309 e. The number of methoxy groups -OCH3 is 1. The van der Waals surface area contributed by atoms with E-state index in [1.807, 2.05) is 30.4 Å². The SMILES string of the molecule is CCOC(=O)C/C=C/Cc1ccc(O[Si](C)(C)C(C)(C)C)c(OC)c1. The molecule has 1 aromatic rings. The van der Waals surface area contributed by atoms with Crippen LogP contribution in [0.3, 0.4) is 0 Å². The summed E-state index contributed by atoms with van der Waals surface area (Å²) in [4.78, 5) is 11.3. The molecule has 0 aliphatic carbocycles. The second-order valence-electron chi connectivity index (χ2n) is 7.53. The van der Waals surface area contributed by atoms with E-state index in [-0.39, 0.29) is 11.0 Å². The van der Waals surface area contributed by atoms with Gasteiger partial charge in [0.15, 0.2) is 5.75 Å². The molecule has 0 unspecified atom stereocenters. The molecule has 0 aliphatic heterocycles. The van der Waals surface area contributed by atoms with E-state index in [4.69, 9.17) is 13.9 Å². The molecule has 140 valence electrons. The van der Waals surface area contributed by atoms with Gasteiger partial charge >= 0.3 is 5.97 Å². The molecule has 0 radical (unpaired) electrons. The van der Waals surface area contributed by atoms with Crippen molar-refractivity contribution < 1.29 is 18.7 Å². The average molecular weight is 365 g/mol. The number of carbonyl (C=O) groups excluding carboxylic acids is 1. The molecule has 0 fully saturated rings. The lowest BCUT2D eigenvalue weighted by molar-refractivity contribution is -0.142. The maximum atomic E-state index is 11.3. The summed E-state index contributed by atoms with van der Waals surface area (Å²) in [6, 6.07) is 6.02. The van der Waals surface area contributed by atoms with Crippen LogP contribution in [-0.4, -0.2) is 28.0 Å². The molecule has 0 heterocycles. The van der Waals surface area contributed by atoms with E-state index in [0.717, 1.165) is 23.5 Å². The highest BCUT2D eigenvalue weighted by atomic mass is 28.4. The Kier molecular flexibility index (Phi) is 7.74. The number of carbonyl (C=O) groups is 1. The van der Waals surface area contributed by atoms with Gasteiger partial charge in [-0.05, 0) is 49.2 Å². The van der Waals surface area contributed by atoms with Gasteiger partial charge in [-0.2, -0.15) is 0 Å². The number of benzene rings is 1. The van der Waals surface area contributed by atoms with Gasteiger partial charge in [0.2, 0.25) is 0 Å². The molecule has 25 heavy (non-hydrogen) atoms. The molecule has 0 amide bonds. The summed E-state index contributed by atoms with van der Waals surface area (Å²) in [6.07, 6.45) is 4.85. The van der Waals surface area contributed by atoms with Gasteiger partial charge in [0.05, 0.1) is 20.1 Å². The van der Waals surface area contributed by atoms with Crippen LogP contribution in [0.25, 0.3) is 0 Å². The molecule has 0 N–H and O–H groups in total. The minimum Gasteiger partial charge on any atom is -0.541 e. The largest absolute Gasteiger partial charge is 0.541 e. The molecule has 0 spiro atoms. The van der Waals surface area contributed by atoms with E-state index < -0.39 is 8.32 Å². The molecule has 4 nitrogen and oxygen atoms in total. The van der Waals surface area contributed by atoms with Crippen molar-refractivity contribution in [3.8, 4) is 11.5 Å². The van der Waals surface area contributed by atoms with Crippen molar-refractivity contribution in [2.24, 2.45) is 0 Å². The van der Waals surface area contributed by atoms with Crippen LogP contribution in [0.2, 0.25) is 18.1 Å². The normalized spacial score (nSPS) is 12.3. The number of rotatable bonds is 8. The zero-order valence-corrected chi connectivity index (χ0v) is 17.6. The van der Waals surface area contributed by atoms with E-state index >= 15 is 0 Å². The van der Waals surface area contributed by atoms with Crippen LogP contribution in [0.5, 0.6) is 11.5 Å². The van der Waals surface area contributed by atoms with Crippen LogP contribution in [0.4, 0.5) is 0 Å². The first-order valence-electron chi connectivity index (χ1n) is 8.77. The zero-order valence-electron chi connectivity index (χ0n) is 16.6. The second-order valence-corrected chi connectivity index (χ2v) is 12.3.